The summed E-state index contributed by atoms with van der Waals surface area (Å²) in [5, 5.41) is 10.4. The molecule has 1 fully saturated rings. The van der Waals surface area contributed by atoms with Crippen LogP contribution in [0.5, 0.6) is 0 Å². The second-order valence-corrected chi connectivity index (χ2v) is 8.71. The molecule has 3 rings (SSSR count). The van der Waals surface area contributed by atoms with E-state index < -0.39 is 0 Å². The Morgan fingerprint density at radius 1 is 1.13 bits per heavy atom. The number of hydrogen-bond donors (Lipinski definition) is 1. The molecule has 2 aromatic rings. The smallest absolute Gasteiger partial charge is 0.156 e. The Hall–Kier alpha value is -0.720. The summed E-state index contributed by atoms with van der Waals surface area (Å²) in [6.45, 7) is 14.5. The van der Waals surface area contributed by atoms with E-state index in [2.05, 4.69) is 46.6 Å². The van der Waals surface area contributed by atoms with Crippen LogP contribution < -0.4 is 5.32 Å². The van der Waals surface area contributed by atoms with Crippen LogP contribution in [0.4, 0.5) is 5.82 Å². The number of hydrogen-bond acceptors (Lipinski definition) is 4. The first-order valence-corrected chi connectivity index (χ1v) is 11.9. The number of piperidine rings is 1. The lowest BCUT2D eigenvalue weighted by atomic mass is 10.1. The summed E-state index contributed by atoms with van der Waals surface area (Å²) in [4.78, 5) is 5.09. The highest BCUT2D eigenvalue weighted by Crippen LogP contribution is 2.27. The molecule has 2 heterocycles. The van der Waals surface area contributed by atoms with Crippen molar-refractivity contribution in [3.8, 4) is 0 Å². The molecule has 0 aliphatic carbocycles. The minimum Gasteiger partial charge on any atom is -0.368 e. The fraction of sp³-hybridized carbons (Fsp3) is 0.696. The third-order valence-electron chi connectivity index (χ3n) is 6.32. The van der Waals surface area contributed by atoms with Crippen molar-refractivity contribution in [2.45, 2.75) is 65.5 Å². The number of nitrogens with one attached hydrogen (secondary N) is 1. The van der Waals surface area contributed by atoms with E-state index in [-0.39, 0.29) is 24.8 Å². The van der Waals surface area contributed by atoms with Gasteiger partial charge >= 0.3 is 0 Å². The highest BCUT2D eigenvalue weighted by Gasteiger charge is 2.18. The van der Waals surface area contributed by atoms with Crippen LogP contribution in [0.3, 0.4) is 0 Å². The van der Waals surface area contributed by atoms with Crippen molar-refractivity contribution in [2.24, 2.45) is 0 Å². The van der Waals surface area contributed by atoms with Gasteiger partial charge in [0.2, 0.25) is 0 Å². The number of fused-ring (bicyclic) bond motifs is 1. The van der Waals surface area contributed by atoms with Crippen molar-refractivity contribution in [2.75, 3.05) is 44.6 Å². The fourth-order valence-electron chi connectivity index (χ4n) is 4.35. The molecule has 0 amide bonds. The third kappa shape index (κ3) is 7.97. The summed E-state index contributed by atoms with van der Waals surface area (Å²) in [7, 11) is 0. The van der Waals surface area contributed by atoms with Gasteiger partial charge in [-0.1, -0.05) is 31.9 Å². The zero-order valence-corrected chi connectivity index (χ0v) is 21.7. The fourth-order valence-corrected chi connectivity index (χ4v) is 4.52. The van der Waals surface area contributed by atoms with Crippen molar-refractivity contribution < 1.29 is 0 Å². The molecule has 1 unspecified atom stereocenters. The van der Waals surface area contributed by atoms with Gasteiger partial charge in [-0.25, -0.2) is 0 Å². The van der Waals surface area contributed by atoms with Gasteiger partial charge in [0.05, 0.1) is 5.52 Å². The molecular weight excluding hydrogens is 453 g/mol. The van der Waals surface area contributed by atoms with Crippen molar-refractivity contribution in [3.05, 3.63) is 23.2 Å². The van der Waals surface area contributed by atoms with Gasteiger partial charge in [-0.2, -0.15) is 5.10 Å². The van der Waals surface area contributed by atoms with Crippen molar-refractivity contribution in [3.63, 3.8) is 0 Å². The highest BCUT2D eigenvalue weighted by atomic mass is 35.5. The van der Waals surface area contributed by atoms with Gasteiger partial charge in [0.1, 0.15) is 0 Å². The molecule has 1 aliphatic heterocycles. The van der Waals surface area contributed by atoms with E-state index in [1.807, 2.05) is 12.1 Å². The molecule has 1 N–H and O–H groups in total. The Balaban J connectivity index is 0.00000240. The molecule has 0 bridgehead atoms. The minimum atomic E-state index is 0. The molecule has 0 spiro atoms. The number of aromatic nitrogens is 2. The quantitative estimate of drug-likeness (QED) is 0.394. The van der Waals surface area contributed by atoms with Gasteiger partial charge in [-0.3, -0.25) is 4.68 Å². The Labute approximate surface area is 205 Å². The summed E-state index contributed by atoms with van der Waals surface area (Å²) < 4.78 is 2.17. The van der Waals surface area contributed by atoms with E-state index in [0.29, 0.717) is 6.04 Å². The Morgan fingerprint density at radius 3 is 2.52 bits per heavy atom. The average Bonchev–Trinajstić information content (AvgIpc) is 3.09. The second-order valence-electron chi connectivity index (χ2n) is 8.27. The van der Waals surface area contributed by atoms with Crippen LogP contribution >= 0.6 is 36.4 Å². The molecule has 31 heavy (non-hydrogen) atoms. The average molecular weight is 493 g/mol. The molecule has 0 radical (unpaired) electrons. The minimum absolute atomic E-state index is 0. The normalized spacial score (nSPS) is 15.5. The summed E-state index contributed by atoms with van der Waals surface area (Å²) in [5.74, 6) is 0.965. The van der Waals surface area contributed by atoms with Crippen LogP contribution in [0.15, 0.2) is 18.2 Å². The predicted octanol–water partition coefficient (Wildman–Crippen LogP) is 5.94. The first-order valence-electron chi connectivity index (χ1n) is 11.5. The summed E-state index contributed by atoms with van der Waals surface area (Å²) >= 11 is 6.29. The van der Waals surface area contributed by atoms with Crippen molar-refractivity contribution in [1.29, 1.82) is 0 Å². The molecule has 8 heteroatoms. The zero-order valence-electron chi connectivity index (χ0n) is 19.3. The number of aryl methyl sites for hydroxylation is 1. The third-order valence-corrected chi connectivity index (χ3v) is 6.56. The topological polar surface area (TPSA) is 36.3 Å². The number of halogens is 3. The first-order chi connectivity index (χ1) is 14.1. The van der Waals surface area contributed by atoms with E-state index in [1.54, 1.807) is 0 Å². The molecular formula is C23H40Cl3N5. The van der Waals surface area contributed by atoms with Crippen LogP contribution in [-0.4, -0.2) is 64.9 Å². The molecule has 5 nitrogen and oxygen atoms in total. The molecule has 1 aromatic heterocycles. The monoisotopic (exact) mass is 491 g/mol. The van der Waals surface area contributed by atoms with Crippen LogP contribution in [0.25, 0.3) is 10.9 Å². The summed E-state index contributed by atoms with van der Waals surface area (Å²) in [6, 6.07) is 6.73. The van der Waals surface area contributed by atoms with Crippen LogP contribution in [-0.2, 0) is 6.54 Å². The van der Waals surface area contributed by atoms with Gasteiger partial charge in [0, 0.05) is 29.5 Å². The van der Waals surface area contributed by atoms with E-state index in [0.717, 1.165) is 61.8 Å². The van der Waals surface area contributed by atoms with E-state index in [4.69, 9.17) is 16.7 Å². The van der Waals surface area contributed by atoms with Gasteiger partial charge < -0.3 is 15.1 Å². The van der Waals surface area contributed by atoms with Gasteiger partial charge in [0.25, 0.3) is 0 Å². The molecule has 1 aliphatic rings. The van der Waals surface area contributed by atoms with E-state index in [9.17, 15) is 0 Å². The standard InChI is InChI=1S/C23H38ClN5.2ClH/c1-4-27(5-2)14-9-13-25-23-21-18-20(24)10-11-22(21)29(26-23)17-12-19(3)28-15-7-6-8-16-28;;/h10-11,18-19H,4-9,12-17H2,1-3H3,(H,25,26);2*1H. The van der Waals surface area contributed by atoms with Crippen LogP contribution in [0.1, 0.15) is 52.9 Å². The van der Waals surface area contributed by atoms with E-state index >= 15 is 0 Å². The van der Waals surface area contributed by atoms with E-state index in [1.165, 1.54) is 37.9 Å². The molecule has 1 saturated heterocycles. The maximum absolute atomic E-state index is 6.29. The molecule has 178 valence electrons. The Kier molecular flexibility index (Phi) is 13.2. The highest BCUT2D eigenvalue weighted by molar-refractivity contribution is 6.31. The largest absolute Gasteiger partial charge is 0.368 e. The zero-order chi connectivity index (χ0) is 20.6. The van der Waals surface area contributed by atoms with Gasteiger partial charge in [0.15, 0.2) is 5.82 Å². The summed E-state index contributed by atoms with van der Waals surface area (Å²) in [6.07, 6.45) is 6.31. The predicted molar refractivity (Wildman–Crippen MR) is 140 cm³/mol. The number of rotatable bonds is 11. The lowest BCUT2D eigenvalue weighted by Gasteiger charge is -2.32. The number of likely N-dealkylation sites (tertiary alicyclic amines) is 1. The maximum atomic E-state index is 6.29. The van der Waals surface area contributed by atoms with Crippen LogP contribution in [0.2, 0.25) is 5.02 Å². The first kappa shape index (κ1) is 28.3. The molecule has 1 atom stereocenters. The maximum Gasteiger partial charge on any atom is 0.156 e. The lowest BCUT2D eigenvalue weighted by molar-refractivity contribution is 0.162. The summed E-state index contributed by atoms with van der Waals surface area (Å²) in [5.41, 5.74) is 1.17. The Bertz CT molecular complexity index is 757. The van der Waals surface area contributed by atoms with Crippen LogP contribution in [0, 0.1) is 0 Å². The molecule has 0 saturated carbocycles. The Morgan fingerprint density at radius 2 is 1.84 bits per heavy atom. The molecule has 1 aromatic carbocycles. The lowest BCUT2D eigenvalue weighted by Crippen LogP contribution is -2.37. The second kappa shape index (κ2) is 14.4. The van der Waals surface area contributed by atoms with Gasteiger partial charge in [-0.05, 0) is 83.5 Å². The SMILES string of the molecule is CCN(CC)CCCNc1nn(CCC(C)N2CCCCC2)c2ccc(Cl)cc12.Cl.Cl. The van der Waals surface area contributed by atoms with Crippen molar-refractivity contribution >= 4 is 53.1 Å². The van der Waals surface area contributed by atoms with Crippen molar-refractivity contribution in [1.82, 2.24) is 19.6 Å². The number of anilines is 1. The number of benzene rings is 1. The number of nitrogens with zero attached hydrogens (tertiary/aromatic N) is 4. The van der Waals surface area contributed by atoms with Gasteiger partial charge in [-0.15, -0.1) is 24.8 Å².